The van der Waals surface area contributed by atoms with Crippen LogP contribution in [-0.4, -0.2) is 82.3 Å². The van der Waals surface area contributed by atoms with Crippen LogP contribution in [0.5, 0.6) is 5.75 Å². The highest BCUT2D eigenvalue weighted by Gasteiger charge is 2.18. The molecule has 0 bridgehead atoms. The van der Waals surface area contributed by atoms with Gasteiger partial charge in [0.2, 0.25) is 11.9 Å². The Morgan fingerprint density at radius 1 is 1.18 bits per heavy atom. The molecule has 0 aliphatic carbocycles. The van der Waals surface area contributed by atoms with E-state index in [9.17, 15) is 14.7 Å². The van der Waals surface area contributed by atoms with Gasteiger partial charge in [0, 0.05) is 61.9 Å². The molecule has 4 aromatic rings. The summed E-state index contributed by atoms with van der Waals surface area (Å²) in [7, 11) is 1.60. The normalized spacial score (nSPS) is 13.7. The Bertz CT molecular complexity index is 1600. The molecular formula is C28H30N8O4. The fourth-order valence-electron chi connectivity index (χ4n) is 4.54. The summed E-state index contributed by atoms with van der Waals surface area (Å²) in [5.74, 6) is 0.861. The third-order valence-corrected chi connectivity index (χ3v) is 6.64. The minimum Gasteiger partial charge on any atom is -0.494 e. The van der Waals surface area contributed by atoms with Crippen molar-refractivity contribution in [1.29, 1.82) is 0 Å². The van der Waals surface area contributed by atoms with E-state index in [1.807, 2.05) is 18.2 Å². The Labute approximate surface area is 230 Å². The molecular weight excluding hydrogens is 512 g/mol. The number of carbonyl (C=O) groups is 1. The Kier molecular flexibility index (Phi) is 7.99. The molecule has 0 radical (unpaired) electrons. The molecule has 0 atom stereocenters. The number of anilines is 4. The Morgan fingerprint density at radius 2 is 2.00 bits per heavy atom. The number of β-amino-alcohol motifs (C(OH)–C–C–N with tert-alkyl or cyclic N) is 1. The van der Waals surface area contributed by atoms with Gasteiger partial charge in [-0.15, -0.1) is 0 Å². The van der Waals surface area contributed by atoms with E-state index >= 15 is 0 Å². The lowest BCUT2D eigenvalue weighted by Crippen LogP contribution is -2.47. The number of aromatic nitrogens is 4. The molecule has 40 heavy (non-hydrogen) atoms. The highest BCUT2D eigenvalue weighted by molar-refractivity contribution is 5.99. The third-order valence-electron chi connectivity index (χ3n) is 6.64. The lowest BCUT2D eigenvalue weighted by molar-refractivity contribution is -0.111. The molecule has 2 aromatic heterocycles. The average molecular weight is 543 g/mol. The van der Waals surface area contributed by atoms with Gasteiger partial charge >= 0.3 is 0 Å². The molecule has 0 spiro atoms. The highest BCUT2D eigenvalue weighted by atomic mass is 16.5. The van der Waals surface area contributed by atoms with Gasteiger partial charge in [-0.25, -0.2) is 4.98 Å². The van der Waals surface area contributed by atoms with Gasteiger partial charge in [0.15, 0.2) is 0 Å². The summed E-state index contributed by atoms with van der Waals surface area (Å²) in [6, 6.07) is 12.8. The second kappa shape index (κ2) is 11.9. The summed E-state index contributed by atoms with van der Waals surface area (Å²) in [6.45, 7) is 7.80. The predicted octanol–water partition coefficient (Wildman–Crippen LogP) is 2.37. The summed E-state index contributed by atoms with van der Waals surface area (Å²) < 4.78 is 5.65. The molecule has 4 N–H and O–H groups in total. The number of nitrogens with zero attached hydrogens (tertiary/aromatic N) is 5. The molecule has 1 saturated heterocycles. The number of methoxy groups -OCH3 is 1. The monoisotopic (exact) mass is 542 g/mol. The molecule has 1 fully saturated rings. The van der Waals surface area contributed by atoms with Crippen molar-refractivity contribution in [2.75, 3.05) is 62.0 Å². The molecule has 1 aliphatic heterocycles. The van der Waals surface area contributed by atoms with Gasteiger partial charge in [0.1, 0.15) is 22.6 Å². The fraction of sp³-hybridized carbons (Fsp3) is 0.250. The van der Waals surface area contributed by atoms with Crippen molar-refractivity contribution in [3.63, 3.8) is 0 Å². The van der Waals surface area contributed by atoms with Crippen molar-refractivity contribution in [3.8, 4) is 17.1 Å². The van der Waals surface area contributed by atoms with Gasteiger partial charge in [-0.1, -0.05) is 18.7 Å². The van der Waals surface area contributed by atoms with Crippen LogP contribution in [-0.2, 0) is 4.79 Å². The number of H-pyrrole nitrogens is 1. The number of carbonyl (C=O) groups excluding carboxylic acids is 1. The quantitative estimate of drug-likeness (QED) is 0.232. The van der Waals surface area contributed by atoms with Crippen LogP contribution in [0.1, 0.15) is 0 Å². The summed E-state index contributed by atoms with van der Waals surface area (Å²) in [6.07, 6.45) is 2.60. The van der Waals surface area contributed by atoms with Gasteiger partial charge in [-0.3, -0.25) is 14.5 Å². The number of fused-ring (bicyclic) bond motifs is 1. The SMILES string of the molecule is C=CC(=O)Nc1cccc(-c2nc(=O)c3cnc(Nc4ccc(N5CCN(CCO)CC5)cc4OC)nc3[nH]2)c1. The van der Waals surface area contributed by atoms with Crippen molar-refractivity contribution in [3.05, 3.63) is 71.7 Å². The smallest absolute Gasteiger partial charge is 0.284 e. The number of aliphatic hydroxyl groups is 1. The number of rotatable bonds is 9. The average Bonchev–Trinajstić information content (AvgIpc) is 2.98. The van der Waals surface area contributed by atoms with Crippen LogP contribution in [0, 0.1) is 0 Å². The summed E-state index contributed by atoms with van der Waals surface area (Å²) in [4.78, 5) is 45.0. The summed E-state index contributed by atoms with van der Waals surface area (Å²) >= 11 is 0. The third kappa shape index (κ3) is 5.92. The van der Waals surface area contributed by atoms with E-state index in [1.54, 1.807) is 31.4 Å². The van der Waals surface area contributed by atoms with Gasteiger partial charge < -0.3 is 30.4 Å². The van der Waals surface area contributed by atoms with Crippen LogP contribution in [0.25, 0.3) is 22.4 Å². The van der Waals surface area contributed by atoms with Crippen LogP contribution in [0.4, 0.5) is 23.0 Å². The van der Waals surface area contributed by atoms with E-state index in [0.717, 1.165) is 31.9 Å². The number of ether oxygens (including phenoxy) is 1. The minimum absolute atomic E-state index is 0.166. The first-order valence-electron chi connectivity index (χ1n) is 12.8. The van der Waals surface area contributed by atoms with Gasteiger partial charge in [0.05, 0.1) is 19.4 Å². The molecule has 2 aromatic carbocycles. The minimum atomic E-state index is -0.475. The largest absolute Gasteiger partial charge is 0.494 e. The van der Waals surface area contributed by atoms with Gasteiger partial charge in [-0.2, -0.15) is 9.97 Å². The number of aromatic amines is 1. The first-order chi connectivity index (χ1) is 19.5. The van der Waals surface area contributed by atoms with E-state index in [0.29, 0.717) is 40.7 Å². The Morgan fingerprint density at radius 3 is 2.75 bits per heavy atom. The van der Waals surface area contributed by atoms with Crippen molar-refractivity contribution in [2.24, 2.45) is 0 Å². The lowest BCUT2D eigenvalue weighted by Gasteiger charge is -2.36. The number of hydrogen-bond donors (Lipinski definition) is 4. The zero-order valence-electron chi connectivity index (χ0n) is 22.1. The fourth-order valence-corrected chi connectivity index (χ4v) is 4.54. The maximum absolute atomic E-state index is 12.7. The molecule has 12 heteroatoms. The zero-order valence-corrected chi connectivity index (χ0v) is 22.1. The van der Waals surface area contributed by atoms with Crippen molar-refractivity contribution < 1.29 is 14.6 Å². The summed E-state index contributed by atoms with van der Waals surface area (Å²) in [5.41, 5.74) is 2.69. The Balaban J connectivity index is 1.38. The topological polar surface area (TPSA) is 149 Å². The molecule has 0 unspecified atom stereocenters. The molecule has 5 rings (SSSR count). The number of amides is 1. The molecule has 1 aliphatic rings. The first-order valence-corrected chi connectivity index (χ1v) is 12.8. The van der Waals surface area contributed by atoms with Crippen molar-refractivity contribution in [2.45, 2.75) is 0 Å². The molecule has 206 valence electrons. The van der Waals surface area contributed by atoms with Crippen molar-refractivity contribution in [1.82, 2.24) is 24.8 Å². The summed E-state index contributed by atoms with van der Waals surface area (Å²) in [5, 5.41) is 15.3. The standard InChI is InChI=1S/C28H30N8O4/c1-3-24(38)30-19-6-4-5-18(15-19)25-32-26-21(27(39)33-25)17-29-28(34-26)31-22-8-7-20(16-23(22)40-2)36-11-9-35(10-12-36)13-14-37/h3-8,15-17,37H,1,9-14H2,2H3,(H,30,38)(H2,29,31,32,33,34,39). The number of piperazine rings is 1. The van der Waals surface area contributed by atoms with Crippen LogP contribution in [0.15, 0.2) is 66.1 Å². The molecule has 12 nitrogen and oxygen atoms in total. The van der Waals surface area contributed by atoms with Crippen molar-refractivity contribution >= 4 is 40.0 Å². The number of nitrogens with one attached hydrogen (secondary N) is 3. The van der Waals surface area contributed by atoms with E-state index in [4.69, 9.17) is 4.74 Å². The number of aliphatic hydroxyl groups excluding tert-OH is 1. The maximum atomic E-state index is 12.7. The second-order valence-corrected chi connectivity index (χ2v) is 9.18. The van der Waals surface area contributed by atoms with E-state index < -0.39 is 5.56 Å². The Hall–Kier alpha value is -4.81. The van der Waals surface area contributed by atoms with E-state index in [2.05, 4.69) is 46.9 Å². The van der Waals surface area contributed by atoms with E-state index in [-0.39, 0.29) is 23.8 Å². The number of benzene rings is 2. The van der Waals surface area contributed by atoms with Crippen LogP contribution in [0.3, 0.4) is 0 Å². The zero-order chi connectivity index (χ0) is 28.1. The van der Waals surface area contributed by atoms with Gasteiger partial charge in [-0.05, 0) is 30.3 Å². The molecule has 1 amide bonds. The first kappa shape index (κ1) is 26.8. The molecule has 3 heterocycles. The van der Waals surface area contributed by atoms with Gasteiger partial charge in [0.25, 0.3) is 5.56 Å². The predicted molar refractivity (Wildman–Crippen MR) is 154 cm³/mol. The molecule has 0 saturated carbocycles. The highest BCUT2D eigenvalue weighted by Crippen LogP contribution is 2.32. The maximum Gasteiger partial charge on any atom is 0.284 e. The van der Waals surface area contributed by atoms with Crippen LogP contribution in [0.2, 0.25) is 0 Å². The van der Waals surface area contributed by atoms with Crippen LogP contribution >= 0.6 is 0 Å². The second-order valence-electron chi connectivity index (χ2n) is 9.18. The lowest BCUT2D eigenvalue weighted by atomic mass is 10.2. The van der Waals surface area contributed by atoms with E-state index in [1.165, 1.54) is 12.3 Å². The number of hydrogen-bond acceptors (Lipinski definition) is 10. The van der Waals surface area contributed by atoms with Crippen LogP contribution < -0.4 is 25.8 Å².